The molecule has 0 spiro atoms. The summed E-state index contributed by atoms with van der Waals surface area (Å²) in [6.07, 6.45) is 0.460. The number of halogens is 2. The van der Waals surface area contributed by atoms with Gasteiger partial charge in [-0.15, -0.1) is 0 Å². The van der Waals surface area contributed by atoms with E-state index in [9.17, 15) is 9.59 Å². The molecule has 0 radical (unpaired) electrons. The first-order chi connectivity index (χ1) is 13.0. The highest BCUT2D eigenvalue weighted by molar-refractivity contribution is 6.35. The van der Waals surface area contributed by atoms with Crippen LogP contribution in [-0.4, -0.2) is 36.4 Å². The van der Waals surface area contributed by atoms with Gasteiger partial charge in [-0.3, -0.25) is 9.59 Å². The van der Waals surface area contributed by atoms with E-state index in [4.69, 9.17) is 27.9 Å². The van der Waals surface area contributed by atoms with Gasteiger partial charge >= 0.3 is 0 Å². The van der Waals surface area contributed by atoms with Crippen molar-refractivity contribution >= 4 is 35.0 Å². The summed E-state index contributed by atoms with van der Waals surface area (Å²) in [4.78, 5) is 26.6. The van der Waals surface area contributed by atoms with Crippen molar-refractivity contribution in [3.8, 4) is 5.75 Å². The summed E-state index contributed by atoms with van der Waals surface area (Å²) >= 11 is 12.2. The Kier molecular flexibility index (Phi) is 7.95. The van der Waals surface area contributed by atoms with Crippen LogP contribution < -0.4 is 10.1 Å². The number of para-hydroxylation sites is 1. The summed E-state index contributed by atoms with van der Waals surface area (Å²) in [6, 6.07) is 13.5. The van der Waals surface area contributed by atoms with E-state index in [2.05, 4.69) is 5.32 Å². The predicted molar refractivity (Wildman–Crippen MR) is 107 cm³/mol. The smallest absolute Gasteiger partial charge is 0.261 e. The number of benzene rings is 2. The van der Waals surface area contributed by atoms with Gasteiger partial charge in [0.05, 0.1) is 0 Å². The van der Waals surface area contributed by atoms with Crippen molar-refractivity contribution in [3.05, 3.63) is 64.1 Å². The Morgan fingerprint density at radius 2 is 1.85 bits per heavy atom. The standard InChI is InChI=1S/C20H22Cl2N2O3/c1-3-18(20(26)23-2)24(12-14-9-10-15(21)11-17(14)22)19(25)13-27-16-7-5-4-6-8-16/h4-11,18H,3,12-13H2,1-2H3,(H,23,26). The van der Waals surface area contributed by atoms with Crippen molar-refractivity contribution in [2.45, 2.75) is 25.9 Å². The molecule has 144 valence electrons. The maximum Gasteiger partial charge on any atom is 0.261 e. The van der Waals surface area contributed by atoms with Crippen LogP contribution in [0, 0.1) is 0 Å². The first-order valence-corrected chi connectivity index (χ1v) is 9.34. The van der Waals surface area contributed by atoms with E-state index >= 15 is 0 Å². The van der Waals surface area contributed by atoms with Crippen molar-refractivity contribution in [1.29, 1.82) is 0 Å². The van der Waals surface area contributed by atoms with E-state index in [1.165, 1.54) is 4.90 Å². The molecule has 2 amide bonds. The second-order valence-electron chi connectivity index (χ2n) is 5.90. The monoisotopic (exact) mass is 408 g/mol. The van der Waals surface area contributed by atoms with Crippen LogP contribution in [-0.2, 0) is 16.1 Å². The Labute approximate surface area is 169 Å². The summed E-state index contributed by atoms with van der Waals surface area (Å²) < 4.78 is 5.57. The highest BCUT2D eigenvalue weighted by Crippen LogP contribution is 2.24. The maximum atomic E-state index is 12.9. The maximum absolute atomic E-state index is 12.9. The van der Waals surface area contributed by atoms with E-state index in [1.807, 2.05) is 25.1 Å². The van der Waals surface area contributed by atoms with Crippen LogP contribution in [0.4, 0.5) is 0 Å². The molecule has 0 saturated carbocycles. The fraction of sp³-hybridized carbons (Fsp3) is 0.300. The molecule has 1 atom stereocenters. The minimum atomic E-state index is -0.631. The van der Waals surface area contributed by atoms with Gasteiger partial charge in [0.15, 0.2) is 6.61 Å². The minimum Gasteiger partial charge on any atom is -0.484 e. The van der Waals surface area contributed by atoms with Crippen LogP contribution >= 0.6 is 23.2 Å². The molecule has 0 heterocycles. The van der Waals surface area contributed by atoms with Gasteiger partial charge in [-0.05, 0) is 36.2 Å². The molecule has 1 N–H and O–H groups in total. The third-order valence-electron chi connectivity index (χ3n) is 4.09. The zero-order valence-electron chi connectivity index (χ0n) is 15.2. The summed E-state index contributed by atoms with van der Waals surface area (Å²) in [5, 5.41) is 3.55. The van der Waals surface area contributed by atoms with Crippen molar-refractivity contribution in [2.75, 3.05) is 13.7 Å². The normalized spacial score (nSPS) is 11.6. The van der Waals surface area contributed by atoms with E-state index in [1.54, 1.807) is 37.4 Å². The molecule has 2 rings (SSSR count). The van der Waals surface area contributed by atoms with Crippen molar-refractivity contribution in [2.24, 2.45) is 0 Å². The quantitative estimate of drug-likeness (QED) is 0.719. The molecule has 7 heteroatoms. The third kappa shape index (κ3) is 5.88. The number of hydrogen-bond donors (Lipinski definition) is 1. The number of hydrogen-bond acceptors (Lipinski definition) is 3. The molecule has 5 nitrogen and oxygen atoms in total. The highest BCUT2D eigenvalue weighted by atomic mass is 35.5. The Hall–Kier alpha value is -2.24. The number of carbonyl (C=O) groups is 2. The molecular formula is C20H22Cl2N2O3. The number of likely N-dealkylation sites (N-methyl/N-ethyl adjacent to an activating group) is 1. The molecule has 1 unspecified atom stereocenters. The van der Waals surface area contributed by atoms with Gasteiger partial charge in [-0.2, -0.15) is 0 Å². The zero-order chi connectivity index (χ0) is 19.8. The molecule has 2 aromatic carbocycles. The topological polar surface area (TPSA) is 58.6 Å². The van der Waals surface area contributed by atoms with Crippen molar-refractivity contribution < 1.29 is 14.3 Å². The zero-order valence-corrected chi connectivity index (χ0v) is 16.8. The molecule has 0 fully saturated rings. The Morgan fingerprint density at radius 3 is 2.44 bits per heavy atom. The lowest BCUT2D eigenvalue weighted by molar-refractivity contribution is -0.142. The van der Waals surface area contributed by atoms with Gasteiger partial charge < -0.3 is 15.0 Å². The van der Waals surface area contributed by atoms with Crippen molar-refractivity contribution in [1.82, 2.24) is 10.2 Å². The lowest BCUT2D eigenvalue weighted by Gasteiger charge is -2.30. The highest BCUT2D eigenvalue weighted by Gasteiger charge is 2.28. The summed E-state index contributed by atoms with van der Waals surface area (Å²) in [5.74, 6) is 0.0410. The van der Waals surface area contributed by atoms with E-state index in [0.29, 0.717) is 27.8 Å². The molecule has 0 aromatic heterocycles. The molecule has 0 bridgehead atoms. The van der Waals surface area contributed by atoms with Crippen LogP contribution in [0.2, 0.25) is 10.0 Å². The number of rotatable bonds is 8. The average molecular weight is 409 g/mol. The Morgan fingerprint density at radius 1 is 1.15 bits per heavy atom. The van der Waals surface area contributed by atoms with Crippen LogP contribution in [0.5, 0.6) is 5.75 Å². The lowest BCUT2D eigenvalue weighted by Crippen LogP contribution is -2.49. The minimum absolute atomic E-state index is 0.178. The van der Waals surface area contributed by atoms with Gasteiger partial charge in [0.25, 0.3) is 5.91 Å². The fourth-order valence-electron chi connectivity index (χ4n) is 2.66. The SMILES string of the molecule is CCC(C(=O)NC)N(Cc1ccc(Cl)cc1Cl)C(=O)COc1ccccc1. The Bertz CT molecular complexity index is 784. The summed E-state index contributed by atoms with van der Waals surface area (Å²) in [5.41, 5.74) is 0.705. The van der Waals surface area contributed by atoms with Gasteiger partial charge in [0, 0.05) is 23.6 Å². The number of nitrogens with zero attached hydrogens (tertiary/aromatic N) is 1. The van der Waals surface area contributed by atoms with Gasteiger partial charge in [0.1, 0.15) is 11.8 Å². The van der Waals surface area contributed by atoms with Crippen molar-refractivity contribution in [3.63, 3.8) is 0 Å². The lowest BCUT2D eigenvalue weighted by atomic mass is 10.1. The summed E-state index contributed by atoms with van der Waals surface area (Å²) in [7, 11) is 1.55. The van der Waals surface area contributed by atoms with E-state index < -0.39 is 6.04 Å². The second kappa shape index (κ2) is 10.2. The molecular weight excluding hydrogens is 387 g/mol. The van der Waals surface area contributed by atoms with Gasteiger partial charge in [0.2, 0.25) is 5.91 Å². The molecule has 0 saturated heterocycles. The van der Waals surface area contributed by atoms with Crippen LogP contribution in [0.25, 0.3) is 0 Å². The molecule has 0 aliphatic carbocycles. The summed E-state index contributed by atoms with van der Waals surface area (Å²) in [6.45, 7) is 1.85. The third-order valence-corrected chi connectivity index (χ3v) is 4.68. The Balaban J connectivity index is 2.22. The second-order valence-corrected chi connectivity index (χ2v) is 6.74. The van der Waals surface area contributed by atoms with Crippen LogP contribution in [0.3, 0.4) is 0 Å². The molecule has 2 aromatic rings. The number of ether oxygens (including phenoxy) is 1. The largest absolute Gasteiger partial charge is 0.484 e. The number of amides is 2. The fourth-order valence-corrected chi connectivity index (χ4v) is 3.13. The number of nitrogens with one attached hydrogen (secondary N) is 1. The number of carbonyl (C=O) groups excluding carboxylic acids is 2. The molecule has 0 aliphatic heterocycles. The van der Waals surface area contributed by atoms with Crippen LogP contribution in [0.1, 0.15) is 18.9 Å². The van der Waals surface area contributed by atoms with Crippen LogP contribution in [0.15, 0.2) is 48.5 Å². The first-order valence-electron chi connectivity index (χ1n) is 8.59. The van der Waals surface area contributed by atoms with Gasteiger partial charge in [-0.25, -0.2) is 0 Å². The predicted octanol–water partition coefficient (Wildman–Crippen LogP) is 3.93. The molecule has 27 heavy (non-hydrogen) atoms. The average Bonchev–Trinajstić information content (AvgIpc) is 2.68. The molecule has 0 aliphatic rings. The van der Waals surface area contributed by atoms with E-state index in [-0.39, 0.29) is 25.0 Å². The first kappa shape index (κ1) is 21.1. The van der Waals surface area contributed by atoms with Gasteiger partial charge in [-0.1, -0.05) is 54.4 Å². The van der Waals surface area contributed by atoms with E-state index in [0.717, 1.165) is 0 Å².